The molecule has 0 radical (unpaired) electrons. The molecule has 194 valence electrons. The summed E-state index contributed by atoms with van der Waals surface area (Å²) in [6.07, 6.45) is 1.80. The molecular weight excluding hydrogens is 511 g/mol. The van der Waals surface area contributed by atoms with E-state index in [4.69, 9.17) is 28.0 Å². The molecule has 1 amide bonds. The third-order valence-electron chi connectivity index (χ3n) is 7.44. The van der Waals surface area contributed by atoms with Gasteiger partial charge < -0.3 is 10.4 Å². The van der Waals surface area contributed by atoms with Gasteiger partial charge in [-0.05, 0) is 48.4 Å². The fourth-order valence-electron chi connectivity index (χ4n) is 5.72. The van der Waals surface area contributed by atoms with Crippen molar-refractivity contribution in [1.29, 1.82) is 0 Å². The number of hydrogen-bond donors (Lipinski definition) is 2. The van der Waals surface area contributed by atoms with Crippen molar-refractivity contribution in [3.63, 3.8) is 0 Å². The van der Waals surface area contributed by atoms with E-state index in [-0.39, 0.29) is 12.3 Å². The summed E-state index contributed by atoms with van der Waals surface area (Å²) < 4.78 is 0. The van der Waals surface area contributed by atoms with Crippen LogP contribution >= 0.6 is 23.2 Å². The van der Waals surface area contributed by atoms with Crippen LogP contribution in [0.25, 0.3) is 11.1 Å². The lowest BCUT2D eigenvalue weighted by Gasteiger charge is -2.49. The number of hydrogen-bond acceptors (Lipinski definition) is 6. The van der Waals surface area contributed by atoms with Crippen LogP contribution in [0, 0.1) is 0 Å². The standard InChI is InChI=1S/C28H30Cl2N4O3/c1-27(36,18-33-14-12-31-13-15-33)28(16-22-11-10-21(30)17-32-22)25-23(19-6-8-20(29)9-7-19)4-3-5-24(25)26(35)34(28)37-2/h3-11,17,31,36H,12-16,18H2,1-2H3/t27?,28-/m1/s1. The van der Waals surface area contributed by atoms with Crippen LogP contribution in [-0.2, 0) is 16.8 Å². The lowest BCUT2D eigenvalue weighted by Crippen LogP contribution is -2.65. The Balaban J connectivity index is 1.75. The number of halogens is 2. The fourth-order valence-corrected chi connectivity index (χ4v) is 5.95. The van der Waals surface area contributed by atoms with Gasteiger partial charge in [0.05, 0.1) is 12.1 Å². The number of nitrogens with one attached hydrogen (secondary N) is 1. The second-order valence-corrected chi connectivity index (χ2v) is 10.7. The van der Waals surface area contributed by atoms with E-state index < -0.39 is 11.1 Å². The molecular formula is C28H30Cl2N4O3. The molecule has 2 N–H and O–H groups in total. The van der Waals surface area contributed by atoms with Gasteiger partial charge >= 0.3 is 0 Å². The first-order valence-electron chi connectivity index (χ1n) is 12.3. The number of pyridine rings is 1. The van der Waals surface area contributed by atoms with Crippen molar-refractivity contribution in [3.8, 4) is 11.1 Å². The number of carbonyl (C=O) groups is 1. The summed E-state index contributed by atoms with van der Waals surface area (Å²) in [6, 6.07) is 16.7. The van der Waals surface area contributed by atoms with E-state index in [0.717, 1.165) is 37.3 Å². The van der Waals surface area contributed by atoms with Crippen molar-refractivity contribution >= 4 is 29.1 Å². The van der Waals surface area contributed by atoms with E-state index in [0.29, 0.717) is 33.4 Å². The molecule has 2 aromatic carbocycles. The quantitative estimate of drug-likeness (QED) is 0.468. The van der Waals surface area contributed by atoms with Crippen LogP contribution in [0.3, 0.4) is 0 Å². The van der Waals surface area contributed by atoms with Gasteiger partial charge in [-0.2, -0.15) is 0 Å². The minimum Gasteiger partial charge on any atom is -0.386 e. The Labute approximate surface area is 226 Å². The van der Waals surface area contributed by atoms with E-state index in [1.807, 2.05) is 42.5 Å². The lowest BCUT2D eigenvalue weighted by molar-refractivity contribution is -0.225. The topological polar surface area (TPSA) is 77.9 Å². The van der Waals surface area contributed by atoms with E-state index >= 15 is 0 Å². The van der Waals surface area contributed by atoms with Crippen LogP contribution in [0.15, 0.2) is 60.8 Å². The highest BCUT2D eigenvalue weighted by molar-refractivity contribution is 6.30. The molecule has 1 aromatic heterocycles. The Bertz CT molecular complexity index is 1280. The number of hydroxylamine groups is 2. The molecule has 7 nitrogen and oxygen atoms in total. The van der Waals surface area contributed by atoms with Crippen LogP contribution in [0.5, 0.6) is 0 Å². The summed E-state index contributed by atoms with van der Waals surface area (Å²) >= 11 is 12.3. The first-order valence-corrected chi connectivity index (χ1v) is 13.1. The van der Waals surface area contributed by atoms with Gasteiger partial charge in [0.25, 0.3) is 5.91 Å². The lowest BCUT2D eigenvalue weighted by atomic mass is 9.70. The van der Waals surface area contributed by atoms with Crippen molar-refractivity contribution in [3.05, 3.63) is 87.7 Å². The predicted molar refractivity (Wildman–Crippen MR) is 145 cm³/mol. The van der Waals surface area contributed by atoms with Crippen molar-refractivity contribution in [1.82, 2.24) is 20.3 Å². The number of piperazine rings is 1. The van der Waals surface area contributed by atoms with E-state index in [9.17, 15) is 9.90 Å². The Hall–Kier alpha value is -2.52. The van der Waals surface area contributed by atoms with Gasteiger partial charge in [-0.1, -0.05) is 47.5 Å². The Kier molecular flexibility index (Phi) is 7.29. The maximum absolute atomic E-state index is 13.9. The molecule has 3 aromatic rings. The molecule has 0 aliphatic carbocycles. The molecule has 37 heavy (non-hydrogen) atoms. The molecule has 1 fully saturated rings. The molecule has 0 bridgehead atoms. The highest BCUT2D eigenvalue weighted by atomic mass is 35.5. The fraction of sp³-hybridized carbons (Fsp3) is 0.357. The van der Waals surface area contributed by atoms with Gasteiger partial charge in [0.15, 0.2) is 0 Å². The van der Waals surface area contributed by atoms with Gasteiger partial charge in [-0.25, -0.2) is 5.06 Å². The summed E-state index contributed by atoms with van der Waals surface area (Å²) in [4.78, 5) is 26.5. The summed E-state index contributed by atoms with van der Waals surface area (Å²) in [6.45, 7) is 5.38. The first kappa shape index (κ1) is 26.1. The van der Waals surface area contributed by atoms with Gasteiger partial charge in [-0.15, -0.1) is 0 Å². The van der Waals surface area contributed by atoms with Gasteiger partial charge in [0.1, 0.15) is 11.1 Å². The number of fused-ring (bicyclic) bond motifs is 1. The van der Waals surface area contributed by atoms with Crippen LogP contribution in [-0.4, -0.2) is 71.4 Å². The first-order chi connectivity index (χ1) is 17.8. The van der Waals surface area contributed by atoms with Gasteiger partial charge in [0, 0.05) is 67.2 Å². The second-order valence-electron chi connectivity index (χ2n) is 9.82. The van der Waals surface area contributed by atoms with Crippen LogP contribution in [0.1, 0.15) is 28.5 Å². The number of benzene rings is 2. The third kappa shape index (κ3) is 4.65. The van der Waals surface area contributed by atoms with Crippen molar-refractivity contribution < 1.29 is 14.7 Å². The number of aromatic nitrogens is 1. The molecule has 1 unspecified atom stereocenters. The van der Waals surface area contributed by atoms with Crippen LogP contribution in [0.4, 0.5) is 0 Å². The normalized spacial score (nSPS) is 21.6. The second kappa shape index (κ2) is 10.3. The summed E-state index contributed by atoms with van der Waals surface area (Å²) in [5.41, 5.74) is 0.889. The number of amides is 1. The molecule has 9 heteroatoms. The van der Waals surface area contributed by atoms with Crippen molar-refractivity contribution in [2.24, 2.45) is 0 Å². The van der Waals surface area contributed by atoms with E-state index in [1.54, 1.807) is 25.3 Å². The maximum Gasteiger partial charge on any atom is 0.278 e. The van der Waals surface area contributed by atoms with Crippen LogP contribution < -0.4 is 5.32 Å². The summed E-state index contributed by atoms with van der Waals surface area (Å²) in [7, 11) is 1.47. The number of rotatable bonds is 7. The maximum atomic E-state index is 13.9. The zero-order valence-corrected chi connectivity index (χ0v) is 22.4. The Morgan fingerprint density at radius 3 is 2.38 bits per heavy atom. The minimum atomic E-state index is -1.43. The van der Waals surface area contributed by atoms with Crippen LogP contribution in [0.2, 0.25) is 10.0 Å². The average molecular weight is 541 g/mol. The predicted octanol–water partition coefficient (Wildman–Crippen LogP) is 4.17. The van der Waals surface area contributed by atoms with Gasteiger partial charge in [-0.3, -0.25) is 19.5 Å². The highest BCUT2D eigenvalue weighted by Crippen LogP contribution is 2.52. The molecule has 0 spiro atoms. The molecule has 5 rings (SSSR count). The summed E-state index contributed by atoms with van der Waals surface area (Å²) in [5, 5.41) is 18.3. The Morgan fingerprint density at radius 2 is 1.73 bits per heavy atom. The molecule has 0 saturated carbocycles. The highest BCUT2D eigenvalue weighted by Gasteiger charge is 2.62. The number of carbonyl (C=O) groups excluding carboxylic acids is 1. The molecule has 2 aliphatic rings. The van der Waals surface area contributed by atoms with E-state index in [1.165, 1.54) is 12.2 Å². The largest absolute Gasteiger partial charge is 0.386 e. The molecule has 1 saturated heterocycles. The van der Waals surface area contributed by atoms with Crippen molar-refractivity contribution in [2.75, 3.05) is 39.8 Å². The zero-order valence-electron chi connectivity index (χ0n) is 20.9. The number of β-amino-alcohol motifs (C(OH)–C–C–N with tert-alkyl or cyclic N) is 1. The van der Waals surface area contributed by atoms with E-state index in [2.05, 4.69) is 15.2 Å². The molecule has 3 heterocycles. The third-order valence-corrected chi connectivity index (χ3v) is 7.91. The molecule has 2 atom stereocenters. The average Bonchev–Trinajstić information content (AvgIpc) is 3.15. The summed E-state index contributed by atoms with van der Waals surface area (Å²) in [5.74, 6) is -0.303. The number of aliphatic hydroxyl groups is 1. The number of nitrogens with zero attached hydrogens (tertiary/aromatic N) is 3. The monoisotopic (exact) mass is 540 g/mol. The minimum absolute atomic E-state index is 0.223. The molecule has 2 aliphatic heterocycles. The smallest absolute Gasteiger partial charge is 0.278 e. The zero-order chi connectivity index (χ0) is 26.2. The Morgan fingerprint density at radius 1 is 1.05 bits per heavy atom. The van der Waals surface area contributed by atoms with Crippen molar-refractivity contribution in [2.45, 2.75) is 24.5 Å². The SMILES string of the molecule is CON1C(=O)c2cccc(-c3ccc(Cl)cc3)c2[C@]1(Cc1ccc(Cl)cn1)C(C)(O)CN1CCNCC1. The van der Waals surface area contributed by atoms with Gasteiger partial charge in [0.2, 0.25) is 0 Å².